The van der Waals surface area contributed by atoms with Crippen LogP contribution in [0.15, 0.2) is 0 Å². The van der Waals surface area contributed by atoms with Crippen molar-refractivity contribution >= 4 is 11.8 Å². The Morgan fingerprint density at radius 2 is 2.24 bits per heavy atom. The average molecular weight is 242 g/mol. The Balaban J connectivity index is 2.82. The number of rotatable bonds is 5. The molecule has 0 N–H and O–H groups in total. The molecule has 4 nitrogen and oxygen atoms in total. The van der Waals surface area contributed by atoms with Crippen LogP contribution >= 0.6 is 0 Å². The van der Waals surface area contributed by atoms with Crippen LogP contribution in [0.5, 0.6) is 0 Å². The van der Waals surface area contributed by atoms with Gasteiger partial charge in [0, 0.05) is 6.42 Å². The van der Waals surface area contributed by atoms with Gasteiger partial charge in [-0.3, -0.25) is 9.59 Å². The second-order valence-electron chi connectivity index (χ2n) is 4.96. The SMILES string of the molecule is CCOC(=O)C1(CCC(C)C)COCCC1=O. The molecule has 1 aliphatic heterocycles. The van der Waals surface area contributed by atoms with E-state index in [-0.39, 0.29) is 12.4 Å². The minimum atomic E-state index is -1.04. The standard InChI is InChI=1S/C13H22O4/c1-4-17-12(15)13(7-5-10(2)3)9-16-8-6-11(13)14/h10H,4-9H2,1-3H3. The predicted molar refractivity (Wildman–Crippen MR) is 63.6 cm³/mol. The molecule has 1 saturated heterocycles. The van der Waals surface area contributed by atoms with E-state index in [2.05, 4.69) is 13.8 Å². The summed E-state index contributed by atoms with van der Waals surface area (Å²) in [5, 5.41) is 0. The molecular weight excluding hydrogens is 220 g/mol. The van der Waals surface area contributed by atoms with Gasteiger partial charge in [0.25, 0.3) is 0 Å². The van der Waals surface area contributed by atoms with Crippen LogP contribution in [0.1, 0.15) is 40.0 Å². The summed E-state index contributed by atoms with van der Waals surface area (Å²) in [5.41, 5.74) is -1.04. The second-order valence-corrected chi connectivity index (χ2v) is 4.96. The van der Waals surface area contributed by atoms with Crippen molar-refractivity contribution in [1.82, 2.24) is 0 Å². The Bertz CT molecular complexity index is 285. The molecule has 0 aromatic rings. The van der Waals surface area contributed by atoms with Crippen LogP contribution in [0.25, 0.3) is 0 Å². The summed E-state index contributed by atoms with van der Waals surface area (Å²) in [5.74, 6) is 0.0178. The van der Waals surface area contributed by atoms with E-state index < -0.39 is 11.4 Å². The zero-order valence-corrected chi connectivity index (χ0v) is 11.0. The first-order valence-corrected chi connectivity index (χ1v) is 6.31. The first-order chi connectivity index (χ1) is 8.03. The number of Topliss-reactive ketones (excluding diaryl/α,β-unsaturated/α-hetero) is 1. The molecule has 0 aromatic heterocycles. The number of ether oxygens (including phenoxy) is 2. The Labute approximate surface area is 103 Å². The molecule has 0 aliphatic carbocycles. The number of ketones is 1. The zero-order valence-electron chi connectivity index (χ0n) is 11.0. The molecule has 1 atom stereocenters. The fourth-order valence-corrected chi connectivity index (χ4v) is 2.02. The summed E-state index contributed by atoms with van der Waals surface area (Å²) in [6.45, 7) is 6.80. The van der Waals surface area contributed by atoms with Crippen molar-refractivity contribution in [3.05, 3.63) is 0 Å². The van der Waals surface area contributed by atoms with Crippen LogP contribution in [0.3, 0.4) is 0 Å². The molecule has 1 heterocycles. The van der Waals surface area contributed by atoms with Crippen molar-refractivity contribution < 1.29 is 19.1 Å². The molecule has 4 heteroatoms. The van der Waals surface area contributed by atoms with Gasteiger partial charge in [0.15, 0.2) is 5.78 Å². The van der Waals surface area contributed by atoms with E-state index in [0.29, 0.717) is 32.0 Å². The second kappa shape index (κ2) is 6.15. The highest BCUT2D eigenvalue weighted by atomic mass is 16.5. The number of carbonyl (C=O) groups is 2. The smallest absolute Gasteiger partial charge is 0.322 e. The predicted octanol–water partition coefficient (Wildman–Crippen LogP) is 1.96. The van der Waals surface area contributed by atoms with Crippen LogP contribution in [0.2, 0.25) is 0 Å². The normalized spacial score (nSPS) is 25.1. The summed E-state index contributed by atoms with van der Waals surface area (Å²) in [6, 6.07) is 0. The third kappa shape index (κ3) is 3.28. The van der Waals surface area contributed by atoms with Crippen molar-refractivity contribution in [1.29, 1.82) is 0 Å². The fraction of sp³-hybridized carbons (Fsp3) is 0.846. The van der Waals surface area contributed by atoms with Crippen LogP contribution < -0.4 is 0 Å². The highest BCUT2D eigenvalue weighted by Crippen LogP contribution is 2.33. The largest absolute Gasteiger partial charge is 0.465 e. The first kappa shape index (κ1) is 14.2. The van der Waals surface area contributed by atoms with Crippen molar-refractivity contribution in [2.24, 2.45) is 11.3 Å². The molecule has 0 amide bonds. The lowest BCUT2D eigenvalue weighted by Crippen LogP contribution is -2.48. The monoisotopic (exact) mass is 242 g/mol. The number of carbonyl (C=O) groups excluding carboxylic acids is 2. The quantitative estimate of drug-likeness (QED) is 0.546. The van der Waals surface area contributed by atoms with Gasteiger partial charge in [0.05, 0.1) is 19.8 Å². The van der Waals surface area contributed by atoms with Gasteiger partial charge in [-0.2, -0.15) is 0 Å². The maximum absolute atomic E-state index is 12.1. The van der Waals surface area contributed by atoms with Gasteiger partial charge in [-0.1, -0.05) is 13.8 Å². The maximum atomic E-state index is 12.1. The van der Waals surface area contributed by atoms with Gasteiger partial charge in [-0.05, 0) is 25.7 Å². The number of hydrogen-bond acceptors (Lipinski definition) is 4. The summed E-state index contributed by atoms with van der Waals surface area (Å²) in [6.07, 6.45) is 1.67. The molecule has 0 aromatic carbocycles. The summed E-state index contributed by atoms with van der Waals surface area (Å²) in [7, 11) is 0. The Morgan fingerprint density at radius 1 is 1.53 bits per heavy atom. The molecular formula is C13H22O4. The molecule has 0 spiro atoms. The third-order valence-electron chi connectivity index (χ3n) is 3.17. The van der Waals surface area contributed by atoms with Gasteiger partial charge in [0.1, 0.15) is 5.41 Å². The van der Waals surface area contributed by atoms with Gasteiger partial charge in [-0.15, -0.1) is 0 Å². The topological polar surface area (TPSA) is 52.6 Å². The zero-order chi connectivity index (χ0) is 12.9. The minimum absolute atomic E-state index is 0.0251. The van der Waals surface area contributed by atoms with Crippen LogP contribution in [0, 0.1) is 11.3 Å². The molecule has 1 aliphatic rings. The van der Waals surface area contributed by atoms with Crippen molar-refractivity contribution in [2.75, 3.05) is 19.8 Å². The van der Waals surface area contributed by atoms with Crippen molar-refractivity contribution in [3.63, 3.8) is 0 Å². The van der Waals surface area contributed by atoms with E-state index in [1.165, 1.54) is 0 Å². The first-order valence-electron chi connectivity index (χ1n) is 6.31. The summed E-state index contributed by atoms with van der Waals surface area (Å²) < 4.78 is 10.4. The molecule has 98 valence electrons. The van der Waals surface area contributed by atoms with Crippen LogP contribution in [0.4, 0.5) is 0 Å². The Kier molecular flexibility index (Phi) is 5.12. The van der Waals surface area contributed by atoms with E-state index in [4.69, 9.17) is 9.47 Å². The Hall–Kier alpha value is -0.900. The summed E-state index contributed by atoms with van der Waals surface area (Å²) in [4.78, 5) is 24.1. The van der Waals surface area contributed by atoms with Gasteiger partial charge in [-0.25, -0.2) is 0 Å². The third-order valence-corrected chi connectivity index (χ3v) is 3.17. The van der Waals surface area contributed by atoms with E-state index in [9.17, 15) is 9.59 Å². The molecule has 1 rings (SSSR count). The van der Waals surface area contributed by atoms with Crippen LogP contribution in [-0.4, -0.2) is 31.6 Å². The molecule has 17 heavy (non-hydrogen) atoms. The van der Waals surface area contributed by atoms with Crippen LogP contribution in [-0.2, 0) is 19.1 Å². The lowest BCUT2D eigenvalue weighted by atomic mass is 9.76. The summed E-state index contributed by atoms with van der Waals surface area (Å²) >= 11 is 0. The van der Waals surface area contributed by atoms with Crippen molar-refractivity contribution in [2.45, 2.75) is 40.0 Å². The average Bonchev–Trinajstić information content (AvgIpc) is 2.28. The van der Waals surface area contributed by atoms with E-state index in [0.717, 1.165) is 6.42 Å². The highest BCUT2D eigenvalue weighted by Gasteiger charge is 2.48. The van der Waals surface area contributed by atoms with Gasteiger partial charge >= 0.3 is 5.97 Å². The Morgan fingerprint density at radius 3 is 2.76 bits per heavy atom. The van der Waals surface area contributed by atoms with E-state index >= 15 is 0 Å². The van der Waals surface area contributed by atoms with Crippen molar-refractivity contribution in [3.8, 4) is 0 Å². The number of esters is 1. The molecule has 1 fully saturated rings. The lowest BCUT2D eigenvalue weighted by molar-refractivity contribution is -0.170. The lowest BCUT2D eigenvalue weighted by Gasteiger charge is -2.33. The van der Waals surface area contributed by atoms with Gasteiger partial charge < -0.3 is 9.47 Å². The number of hydrogen-bond donors (Lipinski definition) is 0. The maximum Gasteiger partial charge on any atom is 0.322 e. The van der Waals surface area contributed by atoms with E-state index in [1.807, 2.05) is 0 Å². The van der Waals surface area contributed by atoms with Gasteiger partial charge in [0.2, 0.25) is 0 Å². The fourth-order valence-electron chi connectivity index (χ4n) is 2.02. The minimum Gasteiger partial charge on any atom is -0.465 e. The molecule has 0 radical (unpaired) electrons. The highest BCUT2D eigenvalue weighted by molar-refractivity contribution is 6.04. The molecule has 1 unspecified atom stereocenters. The molecule has 0 saturated carbocycles. The van der Waals surface area contributed by atoms with E-state index in [1.54, 1.807) is 6.92 Å². The molecule has 0 bridgehead atoms.